The Balaban J connectivity index is 3.10. The Kier molecular flexibility index (Phi) is 5.83. The molecule has 106 valence electrons. The normalized spacial score (nSPS) is 15.6. The van der Waals surface area contributed by atoms with Gasteiger partial charge in [-0.3, -0.25) is 5.32 Å². The third-order valence-electron chi connectivity index (χ3n) is 3.25. The molecule has 0 amide bonds. The van der Waals surface area contributed by atoms with Crippen LogP contribution in [0.15, 0.2) is 24.3 Å². The predicted octanol–water partition coefficient (Wildman–Crippen LogP) is 3.51. The van der Waals surface area contributed by atoms with Gasteiger partial charge in [-0.15, -0.1) is 0 Å². The molecule has 0 bridgehead atoms. The van der Waals surface area contributed by atoms with Crippen LogP contribution >= 0.6 is 11.6 Å². The molecule has 1 N–H and O–H groups in total. The lowest BCUT2D eigenvalue weighted by Crippen LogP contribution is -2.51. The fourth-order valence-electron chi connectivity index (χ4n) is 1.91. The van der Waals surface area contributed by atoms with Gasteiger partial charge in [0.1, 0.15) is 5.54 Å². The lowest BCUT2D eigenvalue weighted by molar-refractivity contribution is -0.151. The van der Waals surface area contributed by atoms with E-state index in [0.29, 0.717) is 11.6 Å². The minimum atomic E-state index is -0.851. The van der Waals surface area contributed by atoms with Crippen molar-refractivity contribution in [2.75, 3.05) is 6.61 Å². The highest BCUT2D eigenvalue weighted by molar-refractivity contribution is 6.30. The van der Waals surface area contributed by atoms with Crippen molar-refractivity contribution in [3.63, 3.8) is 0 Å². The van der Waals surface area contributed by atoms with Gasteiger partial charge in [-0.25, -0.2) is 4.79 Å². The summed E-state index contributed by atoms with van der Waals surface area (Å²) in [7, 11) is 0. The second kappa shape index (κ2) is 6.92. The number of hydrogen-bond acceptors (Lipinski definition) is 3. The van der Waals surface area contributed by atoms with Crippen molar-refractivity contribution in [3.8, 4) is 0 Å². The summed E-state index contributed by atoms with van der Waals surface area (Å²) in [4.78, 5) is 12.3. The first-order valence-electron chi connectivity index (χ1n) is 6.65. The lowest BCUT2D eigenvalue weighted by Gasteiger charge is -2.32. The number of rotatable bonds is 6. The quantitative estimate of drug-likeness (QED) is 0.812. The molecule has 0 aliphatic heterocycles. The van der Waals surface area contributed by atoms with E-state index in [1.54, 1.807) is 12.1 Å². The van der Waals surface area contributed by atoms with Crippen molar-refractivity contribution in [2.24, 2.45) is 0 Å². The first kappa shape index (κ1) is 16.0. The zero-order valence-corrected chi connectivity index (χ0v) is 12.8. The SMILES string of the molecule is CCOC(=O)C(C)(NC(C)CC)c1ccc(Cl)cc1. The van der Waals surface area contributed by atoms with Crippen LogP contribution in [-0.2, 0) is 15.1 Å². The van der Waals surface area contributed by atoms with E-state index in [2.05, 4.69) is 12.2 Å². The highest BCUT2D eigenvalue weighted by Gasteiger charge is 2.37. The average molecular weight is 284 g/mol. The van der Waals surface area contributed by atoms with Gasteiger partial charge < -0.3 is 4.74 Å². The van der Waals surface area contributed by atoms with Gasteiger partial charge in [0.05, 0.1) is 6.61 Å². The van der Waals surface area contributed by atoms with Crippen LogP contribution in [0.1, 0.15) is 39.7 Å². The van der Waals surface area contributed by atoms with E-state index in [1.165, 1.54) is 0 Å². The molecule has 0 saturated carbocycles. The Morgan fingerprint density at radius 2 is 1.95 bits per heavy atom. The van der Waals surface area contributed by atoms with Crippen molar-refractivity contribution < 1.29 is 9.53 Å². The van der Waals surface area contributed by atoms with Crippen molar-refractivity contribution in [1.82, 2.24) is 5.32 Å². The van der Waals surface area contributed by atoms with Crippen molar-refractivity contribution in [3.05, 3.63) is 34.9 Å². The minimum Gasteiger partial charge on any atom is -0.464 e. The number of benzene rings is 1. The van der Waals surface area contributed by atoms with Crippen LogP contribution in [0.3, 0.4) is 0 Å². The molecule has 19 heavy (non-hydrogen) atoms. The Labute approximate surface area is 120 Å². The number of carbonyl (C=O) groups is 1. The molecule has 0 saturated heterocycles. The standard InChI is InChI=1S/C15H22ClNO2/c1-5-11(3)17-15(4,14(18)19-6-2)12-7-9-13(16)10-8-12/h7-11,17H,5-6H2,1-4H3. The van der Waals surface area contributed by atoms with Crippen molar-refractivity contribution in [1.29, 1.82) is 0 Å². The highest BCUT2D eigenvalue weighted by atomic mass is 35.5. The van der Waals surface area contributed by atoms with Crippen molar-refractivity contribution >= 4 is 17.6 Å². The summed E-state index contributed by atoms with van der Waals surface area (Å²) in [5.74, 6) is -0.266. The summed E-state index contributed by atoms with van der Waals surface area (Å²) in [5.41, 5.74) is 0.00592. The van der Waals surface area contributed by atoms with Gasteiger partial charge in [0.2, 0.25) is 0 Å². The number of carbonyl (C=O) groups excluding carboxylic acids is 1. The third kappa shape index (κ3) is 3.95. The predicted molar refractivity (Wildman–Crippen MR) is 78.3 cm³/mol. The number of esters is 1. The molecule has 2 unspecified atom stereocenters. The number of ether oxygens (including phenoxy) is 1. The number of halogens is 1. The highest BCUT2D eigenvalue weighted by Crippen LogP contribution is 2.25. The summed E-state index contributed by atoms with van der Waals surface area (Å²) >= 11 is 5.90. The molecule has 0 aromatic heterocycles. The molecule has 0 aliphatic carbocycles. The monoisotopic (exact) mass is 283 g/mol. The van der Waals surface area contributed by atoms with E-state index < -0.39 is 5.54 Å². The van der Waals surface area contributed by atoms with Gasteiger partial charge in [-0.05, 0) is 44.9 Å². The molecule has 0 fully saturated rings. The van der Waals surface area contributed by atoms with Crippen LogP contribution in [0.5, 0.6) is 0 Å². The van der Waals surface area contributed by atoms with Gasteiger partial charge >= 0.3 is 5.97 Å². The molecule has 0 heterocycles. The molecular weight excluding hydrogens is 262 g/mol. The topological polar surface area (TPSA) is 38.3 Å². The van der Waals surface area contributed by atoms with Crippen LogP contribution < -0.4 is 5.32 Å². The van der Waals surface area contributed by atoms with E-state index in [9.17, 15) is 4.79 Å². The molecular formula is C15H22ClNO2. The first-order valence-corrected chi connectivity index (χ1v) is 7.02. The molecule has 0 aliphatic rings. The maximum atomic E-state index is 12.3. The van der Waals surface area contributed by atoms with Crippen LogP contribution in [-0.4, -0.2) is 18.6 Å². The zero-order valence-electron chi connectivity index (χ0n) is 12.0. The Morgan fingerprint density at radius 3 is 2.42 bits per heavy atom. The maximum absolute atomic E-state index is 12.3. The molecule has 1 aromatic carbocycles. The van der Waals surface area contributed by atoms with Gasteiger partial charge in [0.15, 0.2) is 0 Å². The van der Waals surface area contributed by atoms with Gasteiger partial charge in [-0.2, -0.15) is 0 Å². The average Bonchev–Trinajstić information content (AvgIpc) is 2.39. The Hall–Kier alpha value is -1.06. The third-order valence-corrected chi connectivity index (χ3v) is 3.50. The molecule has 0 spiro atoms. The molecule has 1 aromatic rings. The van der Waals surface area contributed by atoms with Crippen molar-refractivity contribution in [2.45, 2.75) is 45.7 Å². The fourth-order valence-corrected chi connectivity index (χ4v) is 2.04. The smallest absolute Gasteiger partial charge is 0.330 e. The van der Waals surface area contributed by atoms with Crippen LogP contribution in [0, 0.1) is 0 Å². The van der Waals surface area contributed by atoms with E-state index in [-0.39, 0.29) is 12.0 Å². The second-order valence-corrected chi connectivity index (χ2v) is 5.24. The van der Waals surface area contributed by atoms with Crippen LogP contribution in [0.2, 0.25) is 5.02 Å². The lowest BCUT2D eigenvalue weighted by atomic mass is 9.91. The molecule has 2 atom stereocenters. The zero-order chi connectivity index (χ0) is 14.5. The molecule has 0 radical (unpaired) electrons. The summed E-state index contributed by atoms with van der Waals surface area (Å²) in [6, 6.07) is 7.49. The Morgan fingerprint density at radius 1 is 1.37 bits per heavy atom. The van der Waals surface area contributed by atoms with E-state index >= 15 is 0 Å². The summed E-state index contributed by atoms with van der Waals surface area (Å²) in [5, 5.41) is 4.00. The summed E-state index contributed by atoms with van der Waals surface area (Å²) in [6.07, 6.45) is 0.933. The molecule has 3 nitrogen and oxygen atoms in total. The summed E-state index contributed by atoms with van der Waals surface area (Å²) in [6.45, 7) is 8.15. The summed E-state index contributed by atoms with van der Waals surface area (Å²) < 4.78 is 5.20. The fraction of sp³-hybridized carbons (Fsp3) is 0.533. The molecule has 1 rings (SSSR count). The largest absolute Gasteiger partial charge is 0.464 e. The van der Waals surface area contributed by atoms with Gasteiger partial charge in [0.25, 0.3) is 0 Å². The Bertz CT molecular complexity index is 419. The van der Waals surface area contributed by atoms with E-state index in [0.717, 1.165) is 12.0 Å². The van der Waals surface area contributed by atoms with E-state index in [4.69, 9.17) is 16.3 Å². The first-order chi connectivity index (χ1) is 8.93. The van der Waals surface area contributed by atoms with Gasteiger partial charge in [-0.1, -0.05) is 30.7 Å². The van der Waals surface area contributed by atoms with E-state index in [1.807, 2.05) is 32.9 Å². The minimum absolute atomic E-state index is 0.213. The maximum Gasteiger partial charge on any atom is 0.330 e. The van der Waals surface area contributed by atoms with Crippen LogP contribution in [0.4, 0.5) is 0 Å². The second-order valence-electron chi connectivity index (χ2n) is 4.81. The number of nitrogens with one attached hydrogen (secondary N) is 1. The molecule has 4 heteroatoms. The van der Waals surface area contributed by atoms with Crippen LogP contribution in [0.25, 0.3) is 0 Å². The van der Waals surface area contributed by atoms with Gasteiger partial charge in [0, 0.05) is 11.1 Å². The number of hydrogen-bond donors (Lipinski definition) is 1.